The molecule has 2 N–H and O–H groups in total. The van der Waals surface area contributed by atoms with Crippen molar-refractivity contribution in [3.63, 3.8) is 0 Å². The van der Waals surface area contributed by atoms with E-state index < -0.39 is 0 Å². The molecule has 1 unspecified atom stereocenters. The Kier molecular flexibility index (Phi) is 1.49. The van der Waals surface area contributed by atoms with Gasteiger partial charge in [0, 0.05) is 11.8 Å². The van der Waals surface area contributed by atoms with Gasteiger partial charge in [-0.25, -0.2) is 0 Å². The van der Waals surface area contributed by atoms with Gasteiger partial charge in [-0.2, -0.15) is 0 Å². The highest BCUT2D eigenvalue weighted by atomic mass is 16.5. The Morgan fingerprint density at radius 1 is 1.53 bits per heavy atom. The molecule has 2 heterocycles. The van der Waals surface area contributed by atoms with Crippen LogP contribution in [0.15, 0.2) is 42.1 Å². The minimum absolute atomic E-state index is 0.100. The summed E-state index contributed by atoms with van der Waals surface area (Å²) in [5.41, 5.74) is 7.73. The molecule has 0 spiro atoms. The van der Waals surface area contributed by atoms with E-state index in [0.717, 1.165) is 23.6 Å². The predicted octanol–water partition coefficient (Wildman–Crippen LogP) is 1.86. The SMILES string of the molecule is CC12CC=CC(N)=C1Oc1cnccc12. The van der Waals surface area contributed by atoms with Crippen molar-refractivity contribution in [3.8, 4) is 5.75 Å². The standard InChI is InChI=1S/C12H12N2O/c1-12-5-2-3-9(13)11(12)15-10-7-14-6-4-8(10)12/h2-4,6-7H,5,13H2,1H3. The number of fused-ring (bicyclic) bond motifs is 3. The highest BCUT2D eigenvalue weighted by Gasteiger charge is 2.43. The maximum absolute atomic E-state index is 5.93. The topological polar surface area (TPSA) is 48.1 Å². The Hall–Kier alpha value is -1.77. The largest absolute Gasteiger partial charge is 0.457 e. The third kappa shape index (κ3) is 0.975. The van der Waals surface area contributed by atoms with Crippen LogP contribution >= 0.6 is 0 Å². The summed E-state index contributed by atoms with van der Waals surface area (Å²) in [5.74, 6) is 1.70. The number of nitrogens with two attached hydrogens (primary N) is 1. The monoisotopic (exact) mass is 200 g/mol. The number of nitrogens with zero attached hydrogens (tertiary/aromatic N) is 1. The van der Waals surface area contributed by atoms with Crippen LogP contribution in [0.25, 0.3) is 0 Å². The predicted molar refractivity (Wildman–Crippen MR) is 57.2 cm³/mol. The van der Waals surface area contributed by atoms with Gasteiger partial charge in [-0.15, -0.1) is 0 Å². The number of rotatable bonds is 0. The van der Waals surface area contributed by atoms with Crippen LogP contribution < -0.4 is 10.5 Å². The zero-order valence-electron chi connectivity index (χ0n) is 8.53. The third-order valence-electron chi connectivity index (χ3n) is 3.18. The number of hydrogen-bond acceptors (Lipinski definition) is 3. The number of allylic oxidation sites excluding steroid dienone is 3. The Morgan fingerprint density at radius 2 is 2.40 bits per heavy atom. The summed E-state index contributed by atoms with van der Waals surface area (Å²) in [4.78, 5) is 4.06. The van der Waals surface area contributed by atoms with Gasteiger partial charge in [-0.1, -0.05) is 6.08 Å². The highest BCUT2D eigenvalue weighted by molar-refractivity contribution is 5.53. The Labute approximate surface area is 88.3 Å². The van der Waals surface area contributed by atoms with Gasteiger partial charge in [0.2, 0.25) is 0 Å². The molecule has 0 saturated heterocycles. The van der Waals surface area contributed by atoms with Gasteiger partial charge in [0.25, 0.3) is 0 Å². The molecule has 76 valence electrons. The molecule has 0 bridgehead atoms. The van der Waals surface area contributed by atoms with Crippen LogP contribution in [0.1, 0.15) is 18.9 Å². The van der Waals surface area contributed by atoms with Crippen LogP contribution in [0.2, 0.25) is 0 Å². The minimum atomic E-state index is -0.100. The molecule has 2 aliphatic rings. The molecule has 15 heavy (non-hydrogen) atoms. The van der Waals surface area contributed by atoms with Gasteiger partial charge in [0.05, 0.1) is 17.3 Å². The van der Waals surface area contributed by atoms with Gasteiger partial charge in [-0.05, 0) is 25.5 Å². The number of pyridine rings is 1. The molecule has 3 heteroatoms. The summed E-state index contributed by atoms with van der Waals surface area (Å²) in [7, 11) is 0. The summed E-state index contributed by atoms with van der Waals surface area (Å²) in [6, 6.07) is 2.01. The van der Waals surface area contributed by atoms with Crippen LogP contribution in [0, 0.1) is 0 Å². The van der Waals surface area contributed by atoms with Gasteiger partial charge in [-0.3, -0.25) is 4.98 Å². The fourth-order valence-electron chi connectivity index (χ4n) is 2.34. The van der Waals surface area contributed by atoms with Crippen LogP contribution in [-0.2, 0) is 5.41 Å². The zero-order valence-corrected chi connectivity index (χ0v) is 8.53. The van der Waals surface area contributed by atoms with Gasteiger partial charge < -0.3 is 10.5 Å². The lowest BCUT2D eigenvalue weighted by atomic mass is 9.76. The van der Waals surface area contributed by atoms with E-state index in [1.54, 1.807) is 12.4 Å². The fraction of sp³-hybridized carbons (Fsp3) is 0.250. The van der Waals surface area contributed by atoms with E-state index in [1.807, 2.05) is 12.1 Å². The van der Waals surface area contributed by atoms with E-state index in [9.17, 15) is 0 Å². The zero-order chi connectivity index (χ0) is 10.5. The number of aromatic nitrogens is 1. The molecular weight excluding hydrogens is 188 g/mol. The van der Waals surface area contributed by atoms with Crippen molar-refractivity contribution in [2.24, 2.45) is 5.73 Å². The van der Waals surface area contributed by atoms with E-state index in [0.29, 0.717) is 0 Å². The molecule has 3 rings (SSSR count). The molecule has 0 radical (unpaired) electrons. The maximum atomic E-state index is 5.93. The fourth-order valence-corrected chi connectivity index (χ4v) is 2.34. The summed E-state index contributed by atoms with van der Waals surface area (Å²) in [6.07, 6.45) is 8.48. The Balaban J connectivity index is 2.25. The third-order valence-corrected chi connectivity index (χ3v) is 3.18. The van der Waals surface area contributed by atoms with E-state index in [4.69, 9.17) is 10.5 Å². The normalized spacial score (nSPS) is 27.3. The molecule has 0 saturated carbocycles. The van der Waals surface area contributed by atoms with Crippen molar-refractivity contribution >= 4 is 0 Å². The van der Waals surface area contributed by atoms with Crippen molar-refractivity contribution in [3.05, 3.63) is 47.6 Å². The lowest BCUT2D eigenvalue weighted by Gasteiger charge is -2.26. The first-order valence-corrected chi connectivity index (χ1v) is 5.01. The summed E-state index contributed by atoms with van der Waals surface area (Å²) < 4.78 is 5.77. The average molecular weight is 200 g/mol. The van der Waals surface area contributed by atoms with Crippen LogP contribution in [0.5, 0.6) is 5.75 Å². The first kappa shape index (κ1) is 8.53. The number of ether oxygens (including phenoxy) is 1. The van der Waals surface area contributed by atoms with Gasteiger partial charge in [0.15, 0.2) is 0 Å². The average Bonchev–Trinajstić information content (AvgIpc) is 2.54. The Bertz CT molecular complexity index is 490. The molecule has 0 fully saturated rings. The summed E-state index contributed by atoms with van der Waals surface area (Å²) in [5, 5.41) is 0. The second-order valence-electron chi connectivity index (χ2n) is 4.20. The van der Waals surface area contributed by atoms with Crippen molar-refractivity contribution in [1.82, 2.24) is 4.98 Å². The molecular formula is C12H12N2O. The van der Waals surface area contributed by atoms with Crippen LogP contribution in [0.3, 0.4) is 0 Å². The molecule has 3 nitrogen and oxygen atoms in total. The van der Waals surface area contributed by atoms with Crippen LogP contribution in [-0.4, -0.2) is 4.98 Å². The molecule has 1 aromatic heterocycles. The summed E-state index contributed by atoms with van der Waals surface area (Å²) in [6.45, 7) is 2.16. The van der Waals surface area contributed by atoms with E-state index in [1.165, 1.54) is 5.56 Å². The molecule has 1 aliphatic heterocycles. The van der Waals surface area contributed by atoms with Crippen molar-refractivity contribution < 1.29 is 4.74 Å². The molecule has 0 amide bonds. The van der Waals surface area contributed by atoms with Crippen molar-refractivity contribution in [2.45, 2.75) is 18.8 Å². The second-order valence-corrected chi connectivity index (χ2v) is 4.20. The lowest BCUT2D eigenvalue weighted by Crippen LogP contribution is -2.26. The van der Waals surface area contributed by atoms with E-state index in [-0.39, 0.29) is 5.41 Å². The quantitative estimate of drug-likeness (QED) is 0.695. The van der Waals surface area contributed by atoms with E-state index >= 15 is 0 Å². The van der Waals surface area contributed by atoms with Crippen molar-refractivity contribution in [1.29, 1.82) is 0 Å². The molecule has 0 aromatic carbocycles. The molecule has 1 aromatic rings. The maximum Gasteiger partial charge on any atom is 0.149 e. The Morgan fingerprint density at radius 3 is 3.27 bits per heavy atom. The van der Waals surface area contributed by atoms with E-state index in [2.05, 4.69) is 18.0 Å². The number of hydrogen-bond donors (Lipinski definition) is 1. The summed E-state index contributed by atoms with van der Waals surface area (Å²) >= 11 is 0. The molecule has 1 aliphatic carbocycles. The minimum Gasteiger partial charge on any atom is -0.457 e. The van der Waals surface area contributed by atoms with Gasteiger partial charge in [0.1, 0.15) is 11.5 Å². The van der Waals surface area contributed by atoms with Crippen LogP contribution in [0.4, 0.5) is 0 Å². The highest BCUT2D eigenvalue weighted by Crippen LogP contribution is 2.49. The molecule has 1 atom stereocenters. The lowest BCUT2D eigenvalue weighted by molar-refractivity contribution is 0.369. The smallest absolute Gasteiger partial charge is 0.149 e. The first-order valence-electron chi connectivity index (χ1n) is 5.01. The first-order chi connectivity index (χ1) is 7.22. The second kappa shape index (κ2) is 2.63. The van der Waals surface area contributed by atoms with Gasteiger partial charge >= 0.3 is 0 Å². The van der Waals surface area contributed by atoms with Crippen molar-refractivity contribution in [2.75, 3.05) is 0 Å².